The molecule has 3 aliphatic heterocycles. The lowest BCUT2D eigenvalue weighted by Crippen LogP contribution is -2.53. The van der Waals surface area contributed by atoms with Gasteiger partial charge in [-0.3, -0.25) is 0 Å². The molecule has 3 fully saturated rings. The SMILES string of the molecule is CCCOc1cc(N)cc(NC2CN3CCC2CC3)c1. The van der Waals surface area contributed by atoms with E-state index in [9.17, 15) is 0 Å². The first-order valence-electron chi connectivity index (χ1n) is 7.77. The minimum absolute atomic E-state index is 0.554. The Morgan fingerprint density at radius 2 is 2.10 bits per heavy atom. The van der Waals surface area contributed by atoms with Crippen LogP contribution in [0.15, 0.2) is 18.2 Å². The summed E-state index contributed by atoms with van der Waals surface area (Å²) in [5, 5.41) is 3.67. The van der Waals surface area contributed by atoms with Gasteiger partial charge in [0.25, 0.3) is 0 Å². The van der Waals surface area contributed by atoms with Crippen LogP contribution in [0.5, 0.6) is 5.75 Å². The Labute approximate surface area is 121 Å². The van der Waals surface area contributed by atoms with E-state index in [0.717, 1.165) is 42.6 Å². The van der Waals surface area contributed by atoms with Crippen LogP contribution in [0.4, 0.5) is 11.4 Å². The van der Waals surface area contributed by atoms with Crippen molar-refractivity contribution in [3.05, 3.63) is 18.2 Å². The highest BCUT2D eigenvalue weighted by atomic mass is 16.5. The lowest BCUT2D eigenvalue weighted by molar-refractivity contribution is 0.0975. The Balaban J connectivity index is 1.68. The van der Waals surface area contributed by atoms with Crippen LogP contribution in [0.25, 0.3) is 0 Å². The Hall–Kier alpha value is -1.42. The molecule has 3 N–H and O–H groups in total. The van der Waals surface area contributed by atoms with Gasteiger partial charge in [-0.1, -0.05) is 6.92 Å². The smallest absolute Gasteiger partial charge is 0.123 e. The molecule has 110 valence electrons. The van der Waals surface area contributed by atoms with Crippen LogP contribution in [0.2, 0.25) is 0 Å². The first kappa shape index (κ1) is 13.6. The van der Waals surface area contributed by atoms with Gasteiger partial charge in [-0.15, -0.1) is 0 Å². The first-order valence-corrected chi connectivity index (χ1v) is 7.77. The van der Waals surface area contributed by atoms with Gasteiger partial charge in [0.1, 0.15) is 5.75 Å². The number of hydrogen-bond donors (Lipinski definition) is 2. The van der Waals surface area contributed by atoms with Crippen LogP contribution in [0.1, 0.15) is 26.2 Å². The van der Waals surface area contributed by atoms with Gasteiger partial charge in [0.2, 0.25) is 0 Å². The monoisotopic (exact) mass is 275 g/mol. The van der Waals surface area contributed by atoms with Gasteiger partial charge >= 0.3 is 0 Å². The van der Waals surface area contributed by atoms with Crippen molar-refractivity contribution < 1.29 is 4.74 Å². The summed E-state index contributed by atoms with van der Waals surface area (Å²) in [6, 6.07) is 6.54. The van der Waals surface area contributed by atoms with E-state index in [2.05, 4.69) is 23.2 Å². The molecule has 0 amide bonds. The van der Waals surface area contributed by atoms with Gasteiger partial charge in [-0.05, 0) is 44.3 Å². The van der Waals surface area contributed by atoms with E-state index in [1.165, 1.54) is 25.9 Å². The number of piperidine rings is 3. The van der Waals surface area contributed by atoms with Crippen molar-refractivity contribution >= 4 is 11.4 Å². The topological polar surface area (TPSA) is 50.5 Å². The molecule has 3 heterocycles. The summed E-state index contributed by atoms with van der Waals surface area (Å²) in [5.41, 5.74) is 7.84. The summed E-state index contributed by atoms with van der Waals surface area (Å²) in [5.74, 6) is 1.68. The molecule has 0 radical (unpaired) electrons. The Bertz CT molecular complexity index is 455. The van der Waals surface area contributed by atoms with Crippen molar-refractivity contribution in [3.8, 4) is 5.75 Å². The summed E-state index contributed by atoms with van der Waals surface area (Å²) in [6.07, 6.45) is 3.65. The van der Waals surface area contributed by atoms with Crippen molar-refractivity contribution in [1.82, 2.24) is 4.90 Å². The summed E-state index contributed by atoms with van der Waals surface area (Å²) in [7, 11) is 0. The van der Waals surface area contributed by atoms with E-state index in [1.807, 2.05) is 12.1 Å². The molecule has 20 heavy (non-hydrogen) atoms. The Kier molecular flexibility index (Phi) is 4.01. The molecular formula is C16H25N3O. The predicted octanol–water partition coefficient (Wildman–Crippen LogP) is 2.56. The molecule has 4 heteroatoms. The zero-order valence-corrected chi connectivity index (χ0v) is 12.3. The second-order valence-corrected chi connectivity index (χ2v) is 6.03. The van der Waals surface area contributed by atoms with E-state index >= 15 is 0 Å². The van der Waals surface area contributed by atoms with Gasteiger partial charge in [0.05, 0.1) is 6.61 Å². The van der Waals surface area contributed by atoms with Crippen LogP contribution in [0.3, 0.4) is 0 Å². The first-order chi connectivity index (χ1) is 9.74. The summed E-state index contributed by atoms with van der Waals surface area (Å²) in [4.78, 5) is 2.55. The van der Waals surface area contributed by atoms with Gasteiger partial charge in [-0.2, -0.15) is 0 Å². The maximum Gasteiger partial charge on any atom is 0.123 e. The summed E-state index contributed by atoms with van der Waals surface area (Å²) < 4.78 is 5.70. The van der Waals surface area contributed by atoms with E-state index < -0.39 is 0 Å². The maximum absolute atomic E-state index is 5.98. The van der Waals surface area contributed by atoms with Crippen LogP contribution < -0.4 is 15.8 Å². The average Bonchev–Trinajstić information content (AvgIpc) is 2.46. The van der Waals surface area contributed by atoms with E-state index in [1.54, 1.807) is 0 Å². The van der Waals surface area contributed by atoms with Crippen LogP contribution in [-0.4, -0.2) is 37.2 Å². The minimum atomic E-state index is 0.554. The predicted molar refractivity (Wildman–Crippen MR) is 83.2 cm³/mol. The fraction of sp³-hybridized carbons (Fsp3) is 0.625. The standard InChI is InChI=1S/C16H25N3O/c1-2-7-20-15-9-13(17)8-14(10-15)18-16-11-19-5-3-12(16)4-6-19/h8-10,12,16,18H,2-7,11,17H2,1H3. The zero-order chi connectivity index (χ0) is 13.9. The van der Waals surface area contributed by atoms with Crippen molar-refractivity contribution in [1.29, 1.82) is 0 Å². The van der Waals surface area contributed by atoms with Crippen molar-refractivity contribution in [2.45, 2.75) is 32.2 Å². The third-order valence-corrected chi connectivity index (χ3v) is 4.41. The van der Waals surface area contributed by atoms with Gasteiger partial charge < -0.3 is 20.7 Å². The lowest BCUT2D eigenvalue weighted by Gasteiger charge is -2.45. The molecule has 1 atom stereocenters. The van der Waals surface area contributed by atoms with E-state index in [-0.39, 0.29) is 0 Å². The van der Waals surface area contributed by atoms with Crippen LogP contribution >= 0.6 is 0 Å². The Morgan fingerprint density at radius 3 is 2.75 bits per heavy atom. The number of hydrogen-bond acceptors (Lipinski definition) is 4. The number of ether oxygens (including phenoxy) is 1. The zero-order valence-electron chi connectivity index (χ0n) is 12.3. The van der Waals surface area contributed by atoms with Crippen molar-refractivity contribution in [2.75, 3.05) is 37.3 Å². The Morgan fingerprint density at radius 1 is 1.30 bits per heavy atom. The lowest BCUT2D eigenvalue weighted by atomic mass is 9.84. The molecule has 2 bridgehead atoms. The highest BCUT2D eigenvalue weighted by molar-refractivity contribution is 5.59. The molecule has 0 saturated carbocycles. The number of anilines is 2. The van der Waals surface area contributed by atoms with E-state index in [4.69, 9.17) is 10.5 Å². The normalized spacial score (nSPS) is 28.4. The molecule has 3 saturated heterocycles. The third-order valence-electron chi connectivity index (χ3n) is 4.41. The van der Waals surface area contributed by atoms with Gasteiger partial charge in [0.15, 0.2) is 0 Å². The number of nitrogen functional groups attached to an aromatic ring is 1. The molecule has 0 aliphatic carbocycles. The minimum Gasteiger partial charge on any atom is -0.493 e. The molecule has 4 nitrogen and oxygen atoms in total. The summed E-state index contributed by atoms with van der Waals surface area (Å²) >= 11 is 0. The number of fused-ring (bicyclic) bond motifs is 3. The highest BCUT2D eigenvalue weighted by Gasteiger charge is 2.33. The molecule has 0 aromatic heterocycles. The van der Waals surface area contributed by atoms with Crippen LogP contribution in [0, 0.1) is 5.92 Å². The van der Waals surface area contributed by atoms with E-state index in [0.29, 0.717) is 6.04 Å². The largest absolute Gasteiger partial charge is 0.493 e. The highest BCUT2D eigenvalue weighted by Crippen LogP contribution is 2.31. The fourth-order valence-corrected chi connectivity index (χ4v) is 3.35. The number of rotatable bonds is 5. The quantitative estimate of drug-likeness (QED) is 0.811. The maximum atomic E-state index is 5.98. The van der Waals surface area contributed by atoms with Crippen LogP contribution in [-0.2, 0) is 0 Å². The molecule has 1 aromatic carbocycles. The molecule has 3 aliphatic rings. The molecule has 1 aromatic rings. The number of nitrogens with two attached hydrogens (primary N) is 1. The van der Waals surface area contributed by atoms with Gasteiger partial charge in [0, 0.05) is 36.1 Å². The average molecular weight is 275 g/mol. The molecular weight excluding hydrogens is 250 g/mol. The third kappa shape index (κ3) is 3.01. The van der Waals surface area contributed by atoms with Gasteiger partial charge in [-0.25, -0.2) is 0 Å². The second-order valence-electron chi connectivity index (χ2n) is 6.03. The van der Waals surface area contributed by atoms with Crippen molar-refractivity contribution in [3.63, 3.8) is 0 Å². The number of benzene rings is 1. The molecule has 4 rings (SSSR count). The molecule has 0 spiro atoms. The summed E-state index contributed by atoms with van der Waals surface area (Å²) in [6.45, 7) is 6.54. The van der Waals surface area contributed by atoms with Crippen molar-refractivity contribution in [2.24, 2.45) is 5.92 Å². The number of nitrogens with zero attached hydrogens (tertiary/aromatic N) is 1. The second kappa shape index (κ2) is 5.92. The molecule has 1 unspecified atom stereocenters. The fourth-order valence-electron chi connectivity index (χ4n) is 3.35. The number of nitrogens with one attached hydrogen (secondary N) is 1.